The van der Waals surface area contributed by atoms with Crippen molar-refractivity contribution in [3.05, 3.63) is 64.5 Å². The van der Waals surface area contributed by atoms with Crippen LogP contribution < -0.4 is 11.6 Å². The minimum absolute atomic E-state index is 0.0292. The molecule has 2 rings (SSSR count). The van der Waals surface area contributed by atoms with Crippen molar-refractivity contribution in [3.8, 4) is 5.69 Å². The van der Waals surface area contributed by atoms with Crippen molar-refractivity contribution in [1.29, 1.82) is 0 Å². The zero-order chi connectivity index (χ0) is 15.9. The predicted octanol–water partition coefficient (Wildman–Crippen LogP) is 1.66. The van der Waals surface area contributed by atoms with E-state index in [1.807, 2.05) is 6.07 Å². The van der Waals surface area contributed by atoms with Gasteiger partial charge < -0.3 is 16.1 Å². The summed E-state index contributed by atoms with van der Waals surface area (Å²) in [6.45, 7) is 0. The lowest BCUT2D eigenvalue weighted by atomic mass is 10.2. The van der Waals surface area contributed by atoms with Gasteiger partial charge >= 0.3 is 0 Å². The van der Waals surface area contributed by atoms with Gasteiger partial charge in [0.05, 0.1) is 4.92 Å². The average Bonchev–Trinajstić information content (AvgIpc) is 2.99. The molecule has 0 unspecified atom stereocenters. The first-order chi connectivity index (χ1) is 10.6. The Labute approximate surface area is 126 Å². The van der Waals surface area contributed by atoms with E-state index < -0.39 is 4.92 Å². The monoisotopic (exact) mass is 298 g/mol. The van der Waals surface area contributed by atoms with Crippen molar-refractivity contribution in [1.82, 2.24) is 4.57 Å². The molecular weight excluding hydrogens is 284 g/mol. The summed E-state index contributed by atoms with van der Waals surface area (Å²) in [5.74, 6) is 4.91. The molecule has 112 valence electrons. The second-order valence-corrected chi connectivity index (χ2v) is 4.17. The first-order valence-corrected chi connectivity index (χ1v) is 6.28. The number of nitro benzene ring substituents is 1. The fourth-order valence-electron chi connectivity index (χ4n) is 1.87. The molecule has 2 aromatic rings. The maximum absolute atomic E-state index is 11.1. The van der Waals surface area contributed by atoms with Crippen LogP contribution in [-0.2, 0) is 0 Å². The summed E-state index contributed by atoms with van der Waals surface area (Å²) in [4.78, 5) is 14.5. The average molecular weight is 298 g/mol. The third kappa shape index (κ3) is 3.37. The van der Waals surface area contributed by atoms with Crippen molar-refractivity contribution in [2.75, 3.05) is 0 Å². The maximum atomic E-state index is 11.1. The Bertz CT molecular complexity index is 760. The van der Waals surface area contributed by atoms with E-state index in [0.29, 0.717) is 5.69 Å². The van der Waals surface area contributed by atoms with Gasteiger partial charge in [-0.05, 0) is 30.4 Å². The molecule has 8 nitrogen and oxygen atoms in total. The number of para-hydroxylation sites is 2. The van der Waals surface area contributed by atoms with Crippen molar-refractivity contribution < 1.29 is 4.92 Å². The third-order valence-corrected chi connectivity index (χ3v) is 2.81. The van der Waals surface area contributed by atoms with E-state index in [1.54, 1.807) is 47.2 Å². The summed E-state index contributed by atoms with van der Waals surface area (Å²) >= 11 is 0. The zero-order valence-corrected chi connectivity index (χ0v) is 11.5. The molecule has 0 spiro atoms. The normalized spacial score (nSPS) is 12.3. The number of aliphatic imine (C=N–C) groups is 1. The summed E-state index contributed by atoms with van der Waals surface area (Å²) < 4.78 is 1.71. The van der Waals surface area contributed by atoms with Crippen LogP contribution in [0.1, 0.15) is 5.69 Å². The van der Waals surface area contributed by atoms with Gasteiger partial charge in [-0.3, -0.25) is 10.1 Å². The number of rotatable bonds is 4. The number of aromatic nitrogens is 1. The van der Waals surface area contributed by atoms with E-state index in [9.17, 15) is 10.1 Å². The molecule has 22 heavy (non-hydrogen) atoms. The van der Waals surface area contributed by atoms with E-state index in [2.05, 4.69) is 10.1 Å². The fourth-order valence-corrected chi connectivity index (χ4v) is 1.87. The second-order valence-electron chi connectivity index (χ2n) is 4.17. The quantitative estimate of drug-likeness (QED) is 0.293. The van der Waals surface area contributed by atoms with Crippen LogP contribution in [0.4, 0.5) is 5.69 Å². The van der Waals surface area contributed by atoms with Crippen LogP contribution in [0.25, 0.3) is 11.8 Å². The lowest BCUT2D eigenvalue weighted by Crippen LogP contribution is -2.10. The Morgan fingerprint density at radius 1 is 1.27 bits per heavy atom. The fraction of sp³-hybridized carbons (Fsp3) is 0. The highest BCUT2D eigenvalue weighted by Crippen LogP contribution is 2.24. The Kier molecular flexibility index (Phi) is 4.66. The first kappa shape index (κ1) is 15.0. The number of hydrogen-bond acceptors (Lipinski definition) is 4. The lowest BCUT2D eigenvalue weighted by molar-refractivity contribution is -0.384. The van der Waals surface area contributed by atoms with Crippen LogP contribution in [0.2, 0.25) is 0 Å². The predicted molar refractivity (Wildman–Crippen MR) is 85.8 cm³/mol. The molecule has 0 aliphatic rings. The molecule has 0 bridgehead atoms. The van der Waals surface area contributed by atoms with Gasteiger partial charge in [0.1, 0.15) is 5.69 Å². The SMILES string of the molecule is NN=C(N)N=C/C=C\c1cccn1-c1ccccc1[N+](=O)[O-]. The highest BCUT2D eigenvalue weighted by molar-refractivity contribution is 5.91. The molecular formula is C14H14N6O2. The highest BCUT2D eigenvalue weighted by Gasteiger charge is 2.14. The number of hydrazone groups is 1. The summed E-state index contributed by atoms with van der Waals surface area (Å²) in [7, 11) is 0. The number of benzene rings is 1. The van der Waals surface area contributed by atoms with Crippen molar-refractivity contribution in [2.45, 2.75) is 0 Å². The van der Waals surface area contributed by atoms with Crippen LogP contribution >= 0.6 is 0 Å². The van der Waals surface area contributed by atoms with E-state index in [4.69, 9.17) is 11.6 Å². The topological polar surface area (TPSA) is 125 Å². The van der Waals surface area contributed by atoms with Gasteiger partial charge in [0.2, 0.25) is 5.96 Å². The number of allylic oxidation sites excluding steroid dienone is 1. The van der Waals surface area contributed by atoms with Gasteiger partial charge in [-0.1, -0.05) is 12.1 Å². The van der Waals surface area contributed by atoms with Gasteiger partial charge in [0.15, 0.2) is 0 Å². The van der Waals surface area contributed by atoms with Gasteiger partial charge in [0, 0.05) is 24.2 Å². The van der Waals surface area contributed by atoms with Crippen LogP contribution in [0.15, 0.2) is 58.8 Å². The standard InChI is InChI=1S/C14H14N6O2/c15-14(18-16)17-9-3-5-11-6-4-10-19(11)12-7-1-2-8-13(12)20(21)22/h1-10H,16H2,(H2,15,18)/b5-3-,17-9?. The molecule has 0 saturated heterocycles. The summed E-state index contributed by atoms with van der Waals surface area (Å²) in [6.07, 6.45) is 6.56. The largest absolute Gasteiger partial charge is 0.367 e. The van der Waals surface area contributed by atoms with Crippen LogP contribution in [0, 0.1) is 10.1 Å². The molecule has 1 aromatic carbocycles. The zero-order valence-electron chi connectivity index (χ0n) is 11.5. The van der Waals surface area contributed by atoms with Crippen LogP contribution in [0.3, 0.4) is 0 Å². The Morgan fingerprint density at radius 2 is 2.05 bits per heavy atom. The molecule has 0 saturated carbocycles. The molecule has 8 heteroatoms. The number of nitrogens with two attached hydrogens (primary N) is 2. The minimum atomic E-state index is -0.414. The van der Waals surface area contributed by atoms with Gasteiger partial charge in [-0.25, -0.2) is 4.99 Å². The molecule has 0 aliphatic carbocycles. The van der Waals surface area contributed by atoms with E-state index in [0.717, 1.165) is 5.69 Å². The van der Waals surface area contributed by atoms with E-state index >= 15 is 0 Å². The number of nitrogens with zero attached hydrogens (tertiary/aromatic N) is 4. The Morgan fingerprint density at radius 3 is 2.77 bits per heavy atom. The molecule has 4 N–H and O–H groups in total. The number of guanidine groups is 1. The summed E-state index contributed by atoms with van der Waals surface area (Å²) in [5, 5.41) is 14.3. The van der Waals surface area contributed by atoms with Crippen LogP contribution in [0.5, 0.6) is 0 Å². The Balaban J connectivity index is 2.33. The summed E-state index contributed by atoms with van der Waals surface area (Å²) in [6, 6.07) is 10.1. The van der Waals surface area contributed by atoms with E-state index in [1.165, 1.54) is 12.3 Å². The van der Waals surface area contributed by atoms with Gasteiger partial charge in [-0.2, -0.15) is 0 Å². The molecule has 0 fully saturated rings. The summed E-state index contributed by atoms with van der Waals surface area (Å²) in [5.41, 5.74) is 6.59. The molecule has 0 amide bonds. The molecule has 0 radical (unpaired) electrons. The maximum Gasteiger partial charge on any atom is 0.293 e. The Hall–Kier alpha value is -3.42. The smallest absolute Gasteiger partial charge is 0.293 e. The molecule has 1 aromatic heterocycles. The first-order valence-electron chi connectivity index (χ1n) is 6.28. The van der Waals surface area contributed by atoms with Gasteiger partial charge in [0.25, 0.3) is 5.69 Å². The van der Waals surface area contributed by atoms with Crippen molar-refractivity contribution >= 4 is 23.9 Å². The molecule has 0 atom stereocenters. The number of nitro groups is 1. The van der Waals surface area contributed by atoms with Crippen LogP contribution in [-0.4, -0.2) is 21.7 Å². The molecule has 0 aliphatic heterocycles. The highest BCUT2D eigenvalue weighted by atomic mass is 16.6. The lowest BCUT2D eigenvalue weighted by Gasteiger charge is -2.06. The van der Waals surface area contributed by atoms with Crippen molar-refractivity contribution in [3.63, 3.8) is 0 Å². The second kappa shape index (κ2) is 6.84. The molecule has 1 heterocycles. The number of hydrogen-bond donors (Lipinski definition) is 2. The van der Waals surface area contributed by atoms with E-state index in [-0.39, 0.29) is 11.6 Å². The van der Waals surface area contributed by atoms with Crippen molar-refractivity contribution in [2.24, 2.45) is 21.7 Å². The minimum Gasteiger partial charge on any atom is -0.367 e. The third-order valence-electron chi connectivity index (χ3n) is 2.81. The van der Waals surface area contributed by atoms with Gasteiger partial charge in [-0.15, -0.1) is 5.10 Å².